The van der Waals surface area contributed by atoms with Crippen LogP contribution in [0.25, 0.3) is 0 Å². The first-order valence-electron chi connectivity index (χ1n) is 9.38. The van der Waals surface area contributed by atoms with Gasteiger partial charge in [0.25, 0.3) is 0 Å². The summed E-state index contributed by atoms with van der Waals surface area (Å²) < 4.78 is 27.5. The smallest absolute Gasteiger partial charge is 0.0820 e. The molecular formula is C18H39NO6. The van der Waals surface area contributed by atoms with Crippen molar-refractivity contribution in [3.05, 3.63) is 0 Å². The van der Waals surface area contributed by atoms with Gasteiger partial charge in [-0.15, -0.1) is 0 Å². The van der Waals surface area contributed by atoms with Gasteiger partial charge in [-0.3, -0.25) is 0 Å². The van der Waals surface area contributed by atoms with E-state index in [0.29, 0.717) is 52.9 Å². The molecule has 1 N–H and O–H groups in total. The normalized spacial score (nSPS) is 12.8. The topological polar surface area (TPSA) is 69.6 Å². The Bertz CT molecular complexity index is 256. The predicted molar refractivity (Wildman–Crippen MR) is 98.2 cm³/mol. The summed E-state index contributed by atoms with van der Waals surface area (Å²) in [5.41, 5.74) is 0. The first kappa shape index (κ1) is 24.7. The minimum Gasteiger partial charge on any atom is -0.394 e. The van der Waals surface area contributed by atoms with Crippen LogP contribution in [0.3, 0.4) is 0 Å². The molecule has 1 unspecified atom stereocenters. The van der Waals surface area contributed by atoms with E-state index < -0.39 is 0 Å². The number of aliphatic hydroxyl groups is 1. The van der Waals surface area contributed by atoms with Crippen LogP contribution in [0.4, 0.5) is 0 Å². The minimum atomic E-state index is 0.0444. The van der Waals surface area contributed by atoms with Gasteiger partial charge in [-0.1, -0.05) is 13.3 Å². The molecule has 0 aromatic heterocycles. The maximum Gasteiger partial charge on any atom is 0.0820 e. The Balaban J connectivity index is 3.47. The first-order valence-corrected chi connectivity index (χ1v) is 9.38. The summed E-state index contributed by atoms with van der Waals surface area (Å²) in [5.74, 6) is 0. The number of hydrogen-bond acceptors (Lipinski definition) is 7. The third kappa shape index (κ3) is 19.9. The highest BCUT2D eigenvalue weighted by molar-refractivity contribution is 4.59. The molecule has 0 aliphatic carbocycles. The molecule has 7 nitrogen and oxygen atoms in total. The van der Waals surface area contributed by atoms with Gasteiger partial charge in [0, 0.05) is 13.2 Å². The zero-order chi connectivity index (χ0) is 18.6. The number of rotatable bonds is 20. The van der Waals surface area contributed by atoms with Crippen LogP contribution in [-0.4, -0.2) is 103 Å². The Morgan fingerprint density at radius 2 is 1.36 bits per heavy atom. The van der Waals surface area contributed by atoms with E-state index in [4.69, 9.17) is 28.8 Å². The molecule has 0 spiro atoms. The zero-order valence-electron chi connectivity index (χ0n) is 16.4. The first-order chi connectivity index (χ1) is 12.2. The van der Waals surface area contributed by atoms with Crippen LogP contribution >= 0.6 is 0 Å². The fraction of sp³-hybridized carbons (Fsp3) is 1.00. The van der Waals surface area contributed by atoms with Gasteiger partial charge in [-0.05, 0) is 26.9 Å². The van der Waals surface area contributed by atoms with Gasteiger partial charge >= 0.3 is 0 Å². The zero-order valence-corrected chi connectivity index (χ0v) is 16.4. The molecule has 0 saturated carbocycles. The SMILES string of the molecule is CCCCOC(CCN(C)C)COCCOCCOCCOCCO. The summed E-state index contributed by atoms with van der Waals surface area (Å²) in [7, 11) is 4.14. The second kappa shape index (κ2) is 20.0. The number of aliphatic hydroxyl groups excluding tert-OH is 1. The van der Waals surface area contributed by atoms with Gasteiger partial charge in [-0.25, -0.2) is 0 Å². The Morgan fingerprint density at radius 1 is 0.800 bits per heavy atom. The van der Waals surface area contributed by atoms with E-state index in [-0.39, 0.29) is 12.7 Å². The van der Waals surface area contributed by atoms with Gasteiger partial charge in [0.1, 0.15) is 0 Å². The number of nitrogens with zero attached hydrogens (tertiary/aromatic N) is 1. The highest BCUT2D eigenvalue weighted by Gasteiger charge is 2.10. The third-order valence-corrected chi connectivity index (χ3v) is 3.41. The molecule has 25 heavy (non-hydrogen) atoms. The van der Waals surface area contributed by atoms with Gasteiger partial charge in [-0.2, -0.15) is 0 Å². The molecule has 152 valence electrons. The van der Waals surface area contributed by atoms with E-state index in [9.17, 15) is 0 Å². The average molecular weight is 366 g/mol. The molecule has 0 aliphatic rings. The van der Waals surface area contributed by atoms with Crippen LogP contribution in [0.15, 0.2) is 0 Å². The van der Waals surface area contributed by atoms with Crippen molar-refractivity contribution in [3.8, 4) is 0 Å². The van der Waals surface area contributed by atoms with E-state index in [0.717, 1.165) is 32.4 Å². The van der Waals surface area contributed by atoms with Crippen molar-refractivity contribution in [2.75, 3.05) is 86.7 Å². The molecule has 0 rings (SSSR count). The molecule has 0 saturated heterocycles. The van der Waals surface area contributed by atoms with Crippen LogP contribution in [-0.2, 0) is 23.7 Å². The second-order valence-electron chi connectivity index (χ2n) is 6.07. The molecule has 7 heteroatoms. The predicted octanol–water partition coefficient (Wildman–Crippen LogP) is 1.18. The fourth-order valence-corrected chi connectivity index (χ4v) is 1.95. The molecule has 0 bridgehead atoms. The van der Waals surface area contributed by atoms with Crippen molar-refractivity contribution >= 4 is 0 Å². The van der Waals surface area contributed by atoms with Crippen LogP contribution in [0.1, 0.15) is 26.2 Å². The summed E-state index contributed by atoms with van der Waals surface area (Å²) >= 11 is 0. The van der Waals surface area contributed by atoms with Crippen LogP contribution < -0.4 is 0 Å². The van der Waals surface area contributed by atoms with E-state index in [2.05, 4.69) is 25.9 Å². The van der Waals surface area contributed by atoms with Crippen molar-refractivity contribution in [2.24, 2.45) is 0 Å². The van der Waals surface area contributed by atoms with Crippen molar-refractivity contribution in [2.45, 2.75) is 32.3 Å². The summed E-state index contributed by atoms with van der Waals surface area (Å²) in [5, 5.41) is 8.54. The van der Waals surface area contributed by atoms with E-state index in [1.807, 2.05) is 0 Å². The number of hydrogen-bond donors (Lipinski definition) is 1. The maximum atomic E-state index is 8.54. The van der Waals surface area contributed by atoms with E-state index in [1.54, 1.807) is 0 Å². The van der Waals surface area contributed by atoms with Gasteiger partial charge in [0.2, 0.25) is 0 Å². The Hall–Kier alpha value is -0.280. The molecule has 0 aromatic rings. The Kier molecular flexibility index (Phi) is 19.8. The van der Waals surface area contributed by atoms with Crippen molar-refractivity contribution in [1.29, 1.82) is 0 Å². The minimum absolute atomic E-state index is 0.0444. The molecule has 0 radical (unpaired) electrons. The molecular weight excluding hydrogens is 326 g/mol. The Morgan fingerprint density at radius 3 is 1.88 bits per heavy atom. The lowest BCUT2D eigenvalue weighted by Gasteiger charge is -2.20. The van der Waals surface area contributed by atoms with Crippen molar-refractivity contribution in [1.82, 2.24) is 4.90 Å². The highest BCUT2D eigenvalue weighted by Crippen LogP contribution is 2.03. The standard InChI is InChI=1S/C18H39NO6/c1-4-5-9-25-18(6-7-19(2)3)17-24-16-15-23-14-13-22-12-11-21-10-8-20/h18,20H,4-17H2,1-3H3. The Labute approximate surface area is 153 Å². The summed E-state index contributed by atoms with van der Waals surface area (Å²) in [6.45, 7) is 8.18. The largest absolute Gasteiger partial charge is 0.394 e. The molecule has 0 aliphatic heterocycles. The average Bonchev–Trinajstić information content (AvgIpc) is 2.60. The summed E-state index contributed by atoms with van der Waals surface area (Å²) in [6.07, 6.45) is 3.36. The van der Waals surface area contributed by atoms with E-state index in [1.165, 1.54) is 0 Å². The molecule has 1 atom stereocenters. The molecule has 0 aromatic carbocycles. The lowest BCUT2D eigenvalue weighted by atomic mass is 10.2. The molecule has 0 heterocycles. The third-order valence-electron chi connectivity index (χ3n) is 3.41. The van der Waals surface area contributed by atoms with Gasteiger partial charge < -0.3 is 33.7 Å². The fourth-order valence-electron chi connectivity index (χ4n) is 1.95. The monoisotopic (exact) mass is 365 g/mol. The number of ether oxygens (including phenoxy) is 5. The second-order valence-corrected chi connectivity index (χ2v) is 6.07. The quantitative estimate of drug-likeness (QED) is 0.325. The van der Waals surface area contributed by atoms with Crippen LogP contribution in [0.5, 0.6) is 0 Å². The summed E-state index contributed by atoms with van der Waals surface area (Å²) in [6, 6.07) is 0. The van der Waals surface area contributed by atoms with Crippen LogP contribution in [0, 0.1) is 0 Å². The highest BCUT2D eigenvalue weighted by atomic mass is 16.6. The number of unbranched alkanes of at least 4 members (excludes halogenated alkanes) is 1. The lowest BCUT2D eigenvalue weighted by molar-refractivity contribution is -0.0429. The van der Waals surface area contributed by atoms with Crippen molar-refractivity contribution < 1.29 is 28.8 Å². The van der Waals surface area contributed by atoms with Gasteiger partial charge in [0.15, 0.2) is 0 Å². The molecule has 0 amide bonds. The van der Waals surface area contributed by atoms with Crippen LogP contribution in [0.2, 0.25) is 0 Å². The lowest BCUT2D eigenvalue weighted by Crippen LogP contribution is -2.27. The molecule has 0 fully saturated rings. The van der Waals surface area contributed by atoms with E-state index >= 15 is 0 Å². The van der Waals surface area contributed by atoms with Crippen molar-refractivity contribution in [3.63, 3.8) is 0 Å². The maximum absolute atomic E-state index is 8.54. The summed E-state index contributed by atoms with van der Waals surface area (Å²) in [4.78, 5) is 2.16. The van der Waals surface area contributed by atoms with Gasteiger partial charge in [0.05, 0.1) is 65.6 Å².